The molecule has 1 fully saturated rings. The summed E-state index contributed by atoms with van der Waals surface area (Å²) in [6.07, 6.45) is 1.87. The molecule has 8 heteroatoms. The van der Waals surface area contributed by atoms with Crippen LogP contribution in [0, 0.1) is 0 Å². The highest BCUT2D eigenvalue weighted by Crippen LogP contribution is 2.34. The summed E-state index contributed by atoms with van der Waals surface area (Å²) in [4.78, 5) is 13.8. The van der Waals surface area contributed by atoms with Gasteiger partial charge in [0.1, 0.15) is 4.90 Å². The average molecular weight is 337 g/mol. The van der Waals surface area contributed by atoms with Crippen molar-refractivity contribution in [1.29, 1.82) is 0 Å². The molecule has 2 rings (SSSR count). The van der Waals surface area contributed by atoms with Crippen LogP contribution < -0.4 is 5.14 Å². The van der Waals surface area contributed by atoms with Crippen LogP contribution in [-0.2, 0) is 10.0 Å². The van der Waals surface area contributed by atoms with E-state index < -0.39 is 10.0 Å². The molecule has 1 saturated carbocycles. The van der Waals surface area contributed by atoms with Gasteiger partial charge < -0.3 is 4.90 Å². The highest BCUT2D eigenvalue weighted by atomic mass is 35.5. The average Bonchev–Trinajstić information content (AvgIpc) is 3.12. The van der Waals surface area contributed by atoms with Crippen molar-refractivity contribution in [2.75, 3.05) is 6.54 Å². The van der Waals surface area contributed by atoms with E-state index in [9.17, 15) is 13.2 Å². The van der Waals surface area contributed by atoms with E-state index in [1.807, 2.05) is 6.92 Å². The fourth-order valence-electron chi connectivity index (χ4n) is 2.05. The summed E-state index contributed by atoms with van der Waals surface area (Å²) in [5.41, 5.74) is -0.00592. The van der Waals surface area contributed by atoms with Crippen LogP contribution in [0.4, 0.5) is 0 Å². The topological polar surface area (TPSA) is 80.5 Å². The van der Waals surface area contributed by atoms with Gasteiger partial charge in [0.2, 0.25) is 10.0 Å². The maximum Gasteiger partial charge on any atom is 0.257 e. The molecule has 1 amide bonds. The van der Waals surface area contributed by atoms with Gasteiger partial charge in [-0.2, -0.15) is 0 Å². The number of carbonyl (C=O) groups excluding carboxylic acids is 1. The number of nitrogens with two attached hydrogens (primary N) is 1. The highest BCUT2D eigenvalue weighted by molar-refractivity contribution is 7.89. The van der Waals surface area contributed by atoms with E-state index in [4.69, 9.17) is 28.3 Å². The minimum atomic E-state index is -4.00. The summed E-state index contributed by atoms with van der Waals surface area (Å²) in [6.45, 7) is 2.36. The Balaban J connectivity index is 2.53. The van der Waals surface area contributed by atoms with Crippen molar-refractivity contribution in [1.82, 2.24) is 4.90 Å². The number of benzene rings is 1. The Bertz CT molecular complexity index is 657. The van der Waals surface area contributed by atoms with E-state index in [-0.39, 0.29) is 32.5 Å². The smallest absolute Gasteiger partial charge is 0.257 e. The number of primary sulfonamides is 1. The first-order valence-electron chi connectivity index (χ1n) is 6.09. The van der Waals surface area contributed by atoms with Gasteiger partial charge in [-0.3, -0.25) is 4.79 Å². The van der Waals surface area contributed by atoms with Gasteiger partial charge in [0, 0.05) is 12.6 Å². The molecule has 0 radical (unpaired) electrons. The molecule has 0 unspecified atom stereocenters. The van der Waals surface area contributed by atoms with Crippen molar-refractivity contribution in [3.05, 3.63) is 27.7 Å². The van der Waals surface area contributed by atoms with E-state index in [2.05, 4.69) is 0 Å². The van der Waals surface area contributed by atoms with Crippen molar-refractivity contribution in [3.63, 3.8) is 0 Å². The van der Waals surface area contributed by atoms with Gasteiger partial charge in [-0.05, 0) is 31.9 Å². The second-order valence-corrected chi connectivity index (χ2v) is 6.92. The summed E-state index contributed by atoms with van der Waals surface area (Å²) in [5, 5.41) is 4.98. The Morgan fingerprint density at radius 3 is 2.45 bits per heavy atom. The van der Waals surface area contributed by atoms with Crippen molar-refractivity contribution >= 4 is 39.1 Å². The molecule has 1 aliphatic rings. The van der Waals surface area contributed by atoms with Gasteiger partial charge in [-0.15, -0.1) is 0 Å². The number of carbonyl (C=O) groups is 1. The second-order valence-electron chi connectivity index (χ2n) is 4.60. The standard InChI is InChI=1S/C12H14Cl2N2O3S/c1-2-16(7-3-4-7)12(17)10-8(13)5-6-9(11(10)14)20(15,18)19/h5-7H,2-4H2,1H3,(H2,15,18,19). The summed E-state index contributed by atoms with van der Waals surface area (Å²) in [7, 11) is -4.00. The van der Waals surface area contributed by atoms with Crippen molar-refractivity contribution in [2.24, 2.45) is 5.14 Å². The maximum absolute atomic E-state index is 12.5. The van der Waals surface area contributed by atoms with E-state index in [0.717, 1.165) is 12.8 Å². The third-order valence-electron chi connectivity index (χ3n) is 3.17. The van der Waals surface area contributed by atoms with Gasteiger partial charge >= 0.3 is 0 Å². The van der Waals surface area contributed by atoms with Crippen LogP contribution in [0.25, 0.3) is 0 Å². The summed E-state index contributed by atoms with van der Waals surface area (Å²) in [6, 6.07) is 2.70. The predicted molar refractivity (Wildman–Crippen MR) is 77.6 cm³/mol. The largest absolute Gasteiger partial charge is 0.336 e. The molecule has 5 nitrogen and oxygen atoms in total. The van der Waals surface area contributed by atoms with Crippen LogP contribution >= 0.6 is 23.2 Å². The maximum atomic E-state index is 12.5. The molecule has 0 heterocycles. The Kier molecular flexibility index (Phi) is 4.30. The first kappa shape index (κ1) is 15.6. The molecular weight excluding hydrogens is 323 g/mol. The molecule has 0 bridgehead atoms. The number of rotatable bonds is 4. The molecule has 1 aromatic carbocycles. The molecule has 2 N–H and O–H groups in total. The van der Waals surface area contributed by atoms with E-state index in [1.165, 1.54) is 12.1 Å². The number of amides is 1. The van der Waals surface area contributed by atoms with Gasteiger partial charge in [0.15, 0.2) is 0 Å². The molecule has 0 aromatic heterocycles. The zero-order valence-corrected chi connectivity index (χ0v) is 13.1. The lowest BCUT2D eigenvalue weighted by atomic mass is 10.2. The van der Waals surface area contributed by atoms with Gasteiger partial charge in [0.25, 0.3) is 5.91 Å². The summed E-state index contributed by atoms with van der Waals surface area (Å²) < 4.78 is 22.9. The Morgan fingerprint density at radius 1 is 1.40 bits per heavy atom. The van der Waals surface area contributed by atoms with E-state index in [0.29, 0.717) is 6.54 Å². The Hall–Kier alpha value is -0.820. The minimum Gasteiger partial charge on any atom is -0.336 e. The molecular formula is C12H14Cl2N2O3S. The molecule has 1 aromatic rings. The molecule has 0 aliphatic heterocycles. The third kappa shape index (κ3) is 2.93. The minimum absolute atomic E-state index is 0.00592. The quantitative estimate of drug-likeness (QED) is 0.915. The molecule has 110 valence electrons. The van der Waals surface area contributed by atoms with Crippen LogP contribution in [0.15, 0.2) is 17.0 Å². The van der Waals surface area contributed by atoms with Crippen LogP contribution in [0.3, 0.4) is 0 Å². The lowest BCUT2D eigenvalue weighted by molar-refractivity contribution is 0.0752. The zero-order chi connectivity index (χ0) is 15.1. The first-order chi connectivity index (χ1) is 9.27. The Morgan fingerprint density at radius 2 is 2.00 bits per heavy atom. The Labute approximate surface area is 127 Å². The number of hydrogen-bond donors (Lipinski definition) is 1. The van der Waals surface area contributed by atoms with Crippen molar-refractivity contribution in [3.8, 4) is 0 Å². The summed E-state index contributed by atoms with van der Waals surface area (Å²) in [5.74, 6) is -0.365. The number of halogens is 2. The molecule has 0 atom stereocenters. The van der Waals surface area contributed by atoms with E-state index >= 15 is 0 Å². The lowest BCUT2D eigenvalue weighted by Crippen LogP contribution is -2.33. The lowest BCUT2D eigenvalue weighted by Gasteiger charge is -2.22. The van der Waals surface area contributed by atoms with Crippen LogP contribution in [-0.4, -0.2) is 31.8 Å². The van der Waals surface area contributed by atoms with Crippen LogP contribution in [0.5, 0.6) is 0 Å². The summed E-state index contributed by atoms with van der Waals surface area (Å²) >= 11 is 12.0. The van der Waals surface area contributed by atoms with Gasteiger partial charge in [-0.1, -0.05) is 23.2 Å². The first-order valence-corrected chi connectivity index (χ1v) is 8.39. The van der Waals surface area contributed by atoms with Crippen molar-refractivity contribution < 1.29 is 13.2 Å². The van der Waals surface area contributed by atoms with Gasteiger partial charge in [-0.25, -0.2) is 13.6 Å². The van der Waals surface area contributed by atoms with Crippen LogP contribution in [0.2, 0.25) is 10.0 Å². The fraction of sp³-hybridized carbons (Fsp3) is 0.417. The van der Waals surface area contributed by atoms with Crippen LogP contribution in [0.1, 0.15) is 30.1 Å². The highest BCUT2D eigenvalue weighted by Gasteiger charge is 2.34. The number of nitrogens with zero attached hydrogens (tertiary/aromatic N) is 1. The predicted octanol–water partition coefficient (Wildman–Crippen LogP) is 2.27. The molecule has 20 heavy (non-hydrogen) atoms. The molecule has 0 spiro atoms. The zero-order valence-electron chi connectivity index (χ0n) is 10.8. The number of sulfonamides is 1. The number of hydrogen-bond acceptors (Lipinski definition) is 3. The second kappa shape index (κ2) is 5.52. The van der Waals surface area contributed by atoms with Crippen molar-refractivity contribution in [2.45, 2.75) is 30.7 Å². The monoisotopic (exact) mass is 336 g/mol. The SMILES string of the molecule is CCN(C(=O)c1c(Cl)ccc(S(N)(=O)=O)c1Cl)C1CC1. The normalized spacial score (nSPS) is 15.2. The molecule has 1 aliphatic carbocycles. The van der Waals surface area contributed by atoms with E-state index in [1.54, 1.807) is 4.90 Å². The third-order valence-corrected chi connectivity index (χ3v) is 4.94. The van der Waals surface area contributed by atoms with Gasteiger partial charge in [0.05, 0.1) is 15.6 Å². The fourth-order valence-corrected chi connectivity index (χ4v) is 3.51. The molecule has 0 saturated heterocycles.